The number of halogens is 5. The molecule has 0 radical (unpaired) electrons. The van der Waals surface area contributed by atoms with Crippen LogP contribution in [0.25, 0.3) is 44.5 Å². The van der Waals surface area contributed by atoms with Crippen molar-refractivity contribution in [2.75, 3.05) is 11.1 Å². The average molecular weight is 876 g/mol. The van der Waals surface area contributed by atoms with Crippen molar-refractivity contribution >= 4 is 33.0 Å². The van der Waals surface area contributed by atoms with Crippen molar-refractivity contribution in [1.29, 1.82) is 0 Å². The lowest BCUT2D eigenvalue weighted by molar-refractivity contribution is 0.628. The largest absolute Gasteiger partial charge is 0.396 e. The van der Waals surface area contributed by atoms with E-state index >= 15 is 0 Å². The highest BCUT2D eigenvalue weighted by molar-refractivity contribution is 9.10. The van der Waals surface area contributed by atoms with E-state index in [1.165, 1.54) is 74.3 Å². The maximum absolute atomic E-state index is 14.7. The van der Waals surface area contributed by atoms with Gasteiger partial charge in [-0.1, -0.05) is 165 Å². The molecule has 0 saturated heterocycles. The molecule has 7 heteroatoms. The molecule has 61 heavy (non-hydrogen) atoms. The molecule has 2 nitrogen and oxygen atoms in total. The lowest BCUT2D eigenvalue weighted by Crippen LogP contribution is -2.14. The summed E-state index contributed by atoms with van der Waals surface area (Å²) in [6.45, 7) is 9.01. The molecule has 0 spiro atoms. The molecular weight excluding hydrogens is 833 g/mol. The Balaban J connectivity index is 0.000000139. The number of rotatable bonds is 4. The van der Waals surface area contributed by atoms with E-state index in [1.54, 1.807) is 48.5 Å². The predicted molar refractivity (Wildman–Crippen MR) is 247 cm³/mol. The van der Waals surface area contributed by atoms with E-state index in [2.05, 4.69) is 116 Å². The van der Waals surface area contributed by atoms with Gasteiger partial charge in [0.05, 0.1) is 11.4 Å². The summed E-state index contributed by atoms with van der Waals surface area (Å²) < 4.78 is 56.4. The van der Waals surface area contributed by atoms with Gasteiger partial charge in [0, 0.05) is 43.2 Å². The molecule has 0 fully saturated rings. The van der Waals surface area contributed by atoms with Gasteiger partial charge in [0.2, 0.25) is 0 Å². The Morgan fingerprint density at radius 2 is 0.852 bits per heavy atom. The number of benzene rings is 8. The zero-order chi connectivity index (χ0) is 43.1. The summed E-state index contributed by atoms with van der Waals surface area (Å²) in [5.74, 6) is -1.54. The summed E-state index contributed by atoms with van der Waals surface area (Å²) in [6, 6.07) is 51.3. The third-order valence-corrected chi connectivity index (χ3v) is 12.4. The van der Waals surface area contributed by atoms with Crippen molar-refractivity contribution in [3.63, 3.8) is 0 Å². The first-order valence-corrected chi connectivity index (χ1v) is 20.8. The van der Waals surface area contributed by atoms with Crippen LogP contribution < -0.4 is 11.1 Å². The Morgan fingerprint density at radius 1 is 0.410 bits per heavy atom. The molecule has 0 aromatic heterocycles. The van der Waals surface area contributed by atoms with Gasteiger partial charge in [0.1, 0.15) is 23.3 Å². The van der Waals surface area contributed by atoms with Crippen LogP contribution in [-0.4, -0.2) is 0 Å². The van der Waals surface area contributed by atoms with E-state index in [-0.39, 0.29) is 34.0 Å². The monoisotopic (exact) mass is 874 g/mol. The molecule has 304 valence electrons. The molecule has 0 bridgehead atoms. The highest BCUT2D eigenvalue weighted by Gasteiger charge is 2.37. The fourth-order valence-electron chi connectivity index (χ4n) is 8.60. The molecule has 2 aliphatic rings. The Hall–Kier alpha value is -6.44. The van der Waals surface area contributed by atoms with Crippen molar-refractivity contribution in [3.05, 3.63) is 220 Å². The summed E-state index contributed by atoms with van der Waals surface area (Å²) in [7, 11) is 0. The van der Waals surface area contributed by atoms with Gasteiger partial charge in [0.15, 0.2) is 0 Å². The van der Waals surface area contributed by atoms with Gasteiger partial charge in [-0.15, -0.1) is 0 Å². The van der Waals surface area contributed by atoms with E-state index in [0.717, 1.165) is 16.8 Å². The van der Waals surface area contributed by atoms with Crippen molar-refractivity contribution < 1.29 is 17.6 Å². The standard InChI is InChI=1S/C27H21F2N.C15H13Br.C12H9F2N/c1-27(2)20-10-5-3-9-19(20)26-21(27)11-7-13-24(26)30-25-16-17(14-15-23(25)29)18-8-4-6-12-22(18)28;1-15(2)11-7-4-3-6-10(11)14-12(15)8-5-9-13(14)16;13-10-4-2-1-3-9(10)8-5-6-11(14)12(15)7-8/h3-16,30H,1-2H3;3-9H,1-2H3;1-7H,15H2. The van der Waals surface area contributed by atoms with Gasteiger partial charge >= 0.3 is 0 Å². The molecule has 3 N–H and O–H groups in total. The first-order valence-electron chi connectivity index (χ1n) is 20.0. The molecule has 10 rings (SSSR count). The quantitative estimate of drug-likeness (QED) is 0.137. The van der Waals surface area contributed by atoms with Crippen LogP contribution in [0.15, 0.2) is 174 Å². The molecule has 2 aliphatic carbocycles. The molecule has 0 unspecified atom stereocenters. The molecule has 0 atom stereocenters. The van der Waals surface area contributed by atoms with Crippen LogP contribution in [-0.2, 0) is 10.8 Å². The summed E-state index contributed by atoms with van der Waals surface area (Å²) in [5.41, 5.74) is 19.0. The second-order valence-corrected chi connectivity index (χ2v) is 17.1. The van der Waals surface area contributed by atoms with Crippen LogP contribution in [0.5, 0.6) is 0 Å². The van der Waals surface area contributed by atoms with Crippen LogP contribution in [0.1, 0.15) is 49.9 Å². The van der Waals surface area contributed by atoms with Crippen molar-refractivity contribution in [2.45, 2.75) is 38.5 Å². The number of nitrogen functional groups attached to an aromatic ring is 1. The average Bonchev–Trinajstić information content (AvgIpc) is 3.64. The second kappa shape index (κ2) is 16.5. The summed E-state index contributed by atoms with van der Waals surface area (Å²) in [6.07, 6.45) is 0. The van der Waals surface area contributed by atoms with Crippen LogP contribution in [0.2, 0.25) is 0 Å². The van der Waals surface area contributed by atoms with E-state index in [1.807, 2.05) is 18.2 Å². The minimum atomic E-state index is -0.491. The van der Waals surface area contributed by atoms with E-state index in [0.29, 0.717) is 27.9 Å². The zero-order valence-electron chi connectivity index (χ0n) is 34.1. The molecule has 0 heterocycles. The Kier molecular flexibility index (Phi) is 11.2. The third-order valence-electron chi connectivity index (χ3n) is 11.8. The highest BCUT2D eigenvalue weighted by Crippen LogP contribution is 2.52. The predicted octanol–water partition coefficient (Wildman–Crippen LogP) is 15.7. The normalized spacial score (nSPS) is 13.3. The van der Waals surface area contributed by atoms with Crippen molar-refractivity contribution in [2.24, 2.45) is 0 Å². The second-order valence-electron chi connectivity index (χ2n) is 16.2. The molecule has 0 saturated carbocycles. The minimum Gasteiger partial charge on any atom is -0.396 e. The van der Waals surface area contributed by atoms with E-state index < -0.39 is 5.82 Å². The fraction of sp³-hybridized carbons (Fsp3) is 0.111. The number of hydrogen-bond donors (Lipinski definition) is 2. The van der Waals surface area contributed by atoms with Crippen molar-refractivity contribution in [3.8, 4) is 44.5 Å². The van der Waals surface area contributed by atoms with Crippen LogP contribution in [0.3, 0.4) is 0 Å². The minimum absolute atomic E-state index is 0.0238. The lowest BCUT2D eigenvalue weighted by Gasteiger charge is -2.21. The molecule has 0 amide bonds. The highest BCUT2D eigenvalue weighted by atomic mass is 79.9. The van der Waals surface area contributed by atoms with E-state index in [4.69, 9.17) is 5.73 Å². The summed E-state index contributed by atoms with van der Waals surface area (Å²) >= 11 is 3.67. The number of anilines is 3. The van der Waals surface area contributed by atoms with Gasteiger partial charge in [-0.2, -0.15) is 0 Å². The number of nitrogens with two attached hydrogens (primary N) is 1. The molecular formula is C54H43BrF4N2. The van der Waals surface area contributed by atoms with Gasteiger partial charge in [-0.05, 0) is 93.0 Å². The van der Waals surface area contributed by atoms with Crippen molar-refractivity contribution in [1.82, 2.24) is 0 Å². The molecule has 8 aromatic rings. The summed E-state index contributed by atoms with van der Waals surface area (Å²) in [5, 5.41) is 3.28. The Bertz CT molecular complexity index is 2940. The van der Waals surface area contributed by atoms with Crippen LogP contribution in [0, 0.1) is 23.3 Å². The fourth-order valence-corrected chi connectivity index (χ4v) is 9.18. The maximum Gasteiger partial charge on any atom is 0.146 e. The first-order chi connectivity index (χ1) is 29.3. The van der Waals surface area contributed by atoms with Crippen LogP contribution >= 0.6 is 15.9 Å². The zero-order valence-corrected chi connectivity index (χ0v) is 35.7. The maximum atomic E-state index is 14.7. The number of fused-ring (bicyclic) bond motifs is 6. The van der Waals surface area contributed by atoms with E-state index in [9.17, 15) is 17.6 Å². The third kappa shape index (κ3) is 7.75. The van der Waals surface area contributed by atoms with Gasteiger partial charge in [0.25, 0.3) is 0 Å². The Labute approximate surface area is 362 Å². The smallest absolute Gasteiger partial charge is 0.146 e. The Morgan fingerprint density at radius 3 is 1.41 bits per heavy atom. The first kappa shape index (κ1) is 41.3. The topological polar surface area (TPSA) is 38.0 Å². The number of nitrogens with one attached hydrogen (secondary N) is 1. The van der Waals surface area contributed by atoms with Gasteiger partial charge in [-0.3, -0.25) is 0 Å². The summed E-state index contributed by atoms with van der Waals surface area (Å²) in [4.78, 5) is 0. The molecule has 8 aromatic carbocycles. The SMILES string of the molecule is CC1(C)c2ccccc2-c2c(Br)cccc21.CC1(C)c2ccccc2-c2c(Nc3cc(-c4ccccc4F)ccc3F)cccc21.Nc1cc(-c2ccccc2F)ccc1F. The number of hydrogen-bond acceptors (Lipinski definition) is 2. The lowest BCUT2D eigenvalue weighted by atomic mass is 9.82. The van der Waals surface area contributed by atoms with Gasteiger partial charge < -0.3 is 11.1 Å². The van der Waals surface area contributed by atoms with Crippen LogP contribution in [0.4, 0.5) is 34.6 Å². The molecule has 0 aliphatic heterocycles. The van der Waals surface area contributed by atoms with Gasteiger partial charge in [-0.25, -0.2) is 17.6 Å².